The maximum Gasteiger partial charge on any atom is 0.160 e. The fourth-order valence-corrected chi connectivity index (χ4v) is 1.00. The minimum absolute atomic E-state index is 0.472. The zero-order valence-electron chi connectivity index (χ0n) is 6.54. The summed E-state index contributed by atoms with van der Waals surface area (Å²) in [6.45, 7) is 0. The Morgan fingerprint density at radius 2 is 2.08 bits per heavy atom. The molecule has 0 spiro atoms. The molecule has 0 aliphatic rings. The Kier molecular flexibility index (Phi) is 1.81. The minimum Gasteiger partial charge on any atom is -0.240 e. The van der Waals surface area contributed by atoms with E-state index in [0.717, 1.165) is 12.1 Å². The second-order valence-corrected chi connectivity index (χ2v) is 2.48. The van der Waals surface area contributed by atoms with Crippen LogP contribution in [0.15, 0.2) is 30.6 Å². The van der Waals surface area contributed by atoms with E-state index < -0.39 is 11.6 Å². The van der Waals surface area contributed by atoms with Gasteiger partial charge in [0.25, 0.3) is 0 Å². The number of aromatic nitrogens is 2. The van der Waals surface area contributed by atoms with Crippen LogP contribution in [0.4, 0.5) is 8.78 Å². The van der Waals surface area contributed by atoms with E-state index in [2.05, 4.69) is 11.2 Å². The van der Waals surface area contributed by atoms with Gasteiger partial charge in [-0.3, -0.25) is 0 Å². The van der Waals surface area contributed by atoms with Crippen molar-refractivity contribution in [2.24, 2.45) is 0 Å². The van der Waals surface area contributed by atoms with Crippen LogP contribution in [0.3, 0.4) is 0 Å². The first-order valence-corrected chi connectivity index (χ1v) is 3.63. The first kappa shape index (κ1) is 7.91. The molecule has 0 bridgehead atoms. The average Bonchev–Trinajstić information content (AvgIpc) is 2.62. The van der Waals surface area contributed by atoms with Crippen LogP contribution in [0, 0.1) is 17.7 Å². The standard InChI is InChI=1S/C9H5F2N2/c10-8-3-2-7(6-9(8)11)13-5-1-4-12-13/h2-6H. The predicted octanol–water partition coefficient (Wildman–Crippen LogP) is 1.95. The second kappa shape index (κ2) is 2.97. The van der Waals surface area contributed by atoms with Gasteiger partial charge in [-0.05, 0) is 12.1 Å². The van der Waals surface area contributed by atoms with Crippen LogP contribution in [0.5, 0.6) is 0 Å². The van der Waals surface area contributed by atoms with Crippen LogP contribution in [0.1, 0.15) is 0 Å². The summed E-state index contributed by atoms with van der Waals surface area (Å²) >= 11 is 0. The van der Waals surface area contributed by atoms with E-state index in [1.165, 1.54) is 23.1 Å². The monoisotopic (exact) mass is 179 g/mol. The largest absolute Gasteiger partial charge is 0.240 e. The molecule has 0 atom stereocenters. The summed E-state index contributed by atoms with van der Waals surface area (Å²) in [5, 5.41) is 3.83. The molecule has 0 N–H and O–H groups in total. The summed E-state index contributed by atoms with van der Waals surface area (Å²) < 4.78 is 26.7. The first-order valence-electron chi connectivity index (χ1n) is 3.63. The zero-order valence-corrected chi connectivity index (χ0v) is 6.54. The van der Waals surface area contributed by atoms with Gasteiger partial charge in [-0.1, -0.05) is 0 Å². The van der Waals surface area contributed by atoms with Gasteiger partial charge in [-0.25, -0.2) is 13.5 Å². The zero-order chi connectivity index (χ0) is 9.26. The Labute approximate surface area is 73.4 Å². The van der Waals surface area contributed by atoms with Gasteiger partial charge in [0, 0.05) is 18.3 Å². The third-order valence-corrected chi connectivity index (χ3v) is 1.62. The highest BCUT2D eigenvalue weighted by Gasteiger charge is 2.03. The highest BCUT2D eigenvalue weighted by Crippen LogP contribution is 2.11. The van der Waals surface area contributed by atoms with Gasteiger partial charge in [0.05, 0.1) is 11.9 Å². The Hall–Kier alpha value is -1.71. The molecular weight excluding hydrogens is 174 g/mol. The molecule has 2 aromatic rings. The third-order valence-electron chi connectivity index (χ3n) is 1.62. The smallest absolute Gasteiger partial charge is 0.160 e. The van der Waals surface area contributed by atoms with Crippen molar-refractivity contribution in [1.82, 2.24) is 9.78 Å². The molecule has 1 heterocycles. The molecule has 0 amide bonds. The van der Waals surface area contributed by atoms with Crippen molar-refractivity contribution < 1.29 is 8.78 Å². The van der Waals surface area contributed by atoms with Crippen LogP contribution in [0.2, 0.25) is 0 Å². The predicted molar refractivity (Wildman–Crippen MR) is 42.3 cm³/mol. The summed E-state index contributed by atoms with van der Waals surface area (Å²) in [5.41, 5.74) is 0.472. The molecule has 0 unspecified atom stereocenters. The van der Waals surface area contributed by atoms with Crippen molar-refractivity contribution in [2.45, 2.75) is 0 Å². The summed E-state index contributed by atoms with van der Waals surface area (Å²) in [6.07, 6.45) is 2.98. The molecule has 2 rings (SSSR count). The average molecular weight is 179 g/mol. The molecule has 4 heteroatoms. The molecule has 1 radical (unpaired) electrons. The van der Waals surface area contributed by atoms with Crippen molar-refractivity contribution in [3.8, 4) is 5.69 Å². The molecule has 0 aliphatic heterocycles. The Bertz CT molecular complexity index is 410. The van der Waals surface area contributed by atoms with Crippen LogP contribution in [-0.4, -0.2) is 9.78 Å². The molecule has 13 heavy (non-hydrogen) atoms. The molecule has 0 aliphatic carbocycles. The van der Waals surface area contributed by atoms with Crippen LogP contribution >= 0.6 is 0 Å². The Morgan fingerprint density at radius 1 is 1.23 bits per heavy atom. The van der Waals surface area contributed by atoms with Crippen molar-refractivity contribution >= 4 is 0 Å². The van der Waals surface area contributed by atoms with E-state index in [0.29, 0.717) is 5.69 Å². The highest BCUT2D eigenvalue weighted by atomic mass is 19.2. The maximum absolute atomic E-state index is 12.7. The number of hydrogen-bond acceptors (Lipinski definition) is 1. The number of nitrogens with zero attached hydrogens (tertiary/aromatic N) is 2. The van der Waals surface area contributed by atoms with Gasteiger partial charge in [-0.15, -0.1) is 0 Å². The lowest BCUT2D eigenvalue weighted by atomic mass is 10.3. The fraction of sp³-hybridized carbons (Fsp3) is 0. The quantitative estimate of drug-likeness (QED) is 0.654. The summed E-state index contributed by atoms with van der Waals surface area (Å²) in [4.78, 5) is 0. The van der Waals surface area contributed by atoms with Crippen molar-refractivity contribution in [2.75, 3.05) is 0 Å². The van der Waals surface area contributed by atoms with Crippen molar-refractivity contribution in [3.63, 3.8) is 0 Å². The lowest BCUT2D eigenvalue weighted by Gasteiger charge is -2.00. The van der Waals surface area contributed by atoms with E-state index >= 15 is 0 Å². The normalized spacial score (nSPS) is 10.3. The van der Waals surface area contributed by atoms with E-state index in [9.17, 15) is 8.78 Å². The molecule has 0 saturated carbocycles. The summed E-state index contributed by atoms with van der Waals surface area (Å²) in [6, 6.07) is 6.28. The number of benzene rings is 1. The number of hydrogen-bond donors (Lipinski definition) is 0. The molecule has 65 valence electrons. The minimum atomic E-state index is -0.881. The molecule has 0 saturated heterocycles. The first-order chi connectivity index (χ1) is 6.27. The van der Waals surface area contributed by atoms with E-state index in [-0.39, 0.29) is 0 Å². The van der Waals surface area contributed by atoms with Gasteiger partial charge in [0.2, 0.25) is 0 Å². The number of halogens is 2. The van der Waals surface area contributed by atoms with Crippen molar-refractivity contribution in [1.29, 1.82) is 0 Å². The summed E-state index contributed by atoms with van der Waals surface area (Å²) in [5.74, 6) is -1.74. The summed E-state index contributed by atoms with van der Waals surface area (Å²) in [7, 11) is 0. The topological polar surface area (TPSA) is 17.8 Å². The highest BCUT2D eigenvalue weighted by molar-refractivity contribution is 5.31. The van der Waals surface area contributed by atoms with Gasteiger partial charge in [0.1, 0.15) is 0 Å². The van der Waals surface area contributed by atoms with Crippen LogP contribution < -0.4 is 0 Å². The molecule has 0 fully saturated rings. The lowest BCUT2D eigenvalue weighted by molar-refractivity contribution is 0.507. The number of rotatable bonds is 1. The van der Waals surface area contributed by atoms with Gasteiger partial charge in [0.15, 0.2) is 11.6 Å². The van der Waals surface area contributed by atoms with Crippen LogP contribution in [-0.2, 0) is 0 Å². The van der Waals surface area contributed by atoms with Crippen molar-refractivity contribution in [3.05, 3.63) is 48.3 Å². The second-order valence-electron chi connectivity index (χ2n) is 2.48. The van der Waals surface area contributed by atoms with E-state index in [1.54, 1.807) is 0 Å². The SMILES string of the molecule is Fc1ccc(-n2c[c]cn2)cc1F. The molecular formula is C9H5F2N2. The van der Waals surface area contributed by atoms with Gasteiger partial charge in [-0.2, -0.15) is 5.10 Å². The Balaban J connectivity index is 2.49. The van der Waals surface area contributed by atoms with E-state index in [1.807, 2.05) is 0 Å². The third kappa shape index (κ3) is 1.42. The Morgan fingerprint density at radius 3 is 2.69 bits per heavy atom. The lowest BCUT2D eigenvalue weighted by Crippen LogP contribution is -1.95. The van der Waals surface area contributed by atoms with E-state index in [4.69, 9.17) is 0 Å². The van der Waals surface area contributed by atoms with Gasteiger partial charge >= 0.3 is 0 Å². The maximum atomic E-state index is 12.7. The fourth-order valence-electron chi connectivity index (χ4n) is 1.00. The van der Waals surface area contributed by atoms with Gasteiger partial charge < -0.3 is 0 Å². The molecule has 1 aromatic heterocycles. The molecule has 1 aromatic carbocycles. The molecule has 2 nitrogen and oxygen atoms in total. The van der Waals surface area contributed by atoms with Crippen LogP contribution in [0.25, 0.3) is 5.69 Å².